The summed E-state index contributed by atoms with van der Waals surface area (Å²) in [5.41, 5.74) is 7.25. The Bertz CT molecular complexity index is 907. The SMILES string of the molecule is N#CCC(=O)N1CCC(Nc2ncnc(N)c2C(=N)c2ccc(Cl)cc2)C1. The molecule has 2 aromatic rings. The van der Waals surface area contributed by atoms with Crippen LogP contribution in [0.5, 0.6) is 0 Å². The molecule has 1 aromatic carbocycles. The van der Waals surface area contributed by atoms with Crippen LogP contribution >= 0.6 is 11.6 Å². The molecule has 3 rings (SSSR count). The molecular formula is C18H18ClN7O. The second-order valence-electron chi connectivity index (χ2n) is 6.17. The minimum atomic E-state index is -0.182. The molecule has 27 heavy (non-hydrogen) atoms. The molecule has 8 nitrogen and oxygen atoms in total. The summed E-state index contributed by atoms with van der Waals surface area (Å²) in [6.45, 7) is 1.04. The average molecular weight is 384 g/mol. The molecule has 0 saturated carbocycles. The standard InChI is InChI=1S/C18H18ClN7O/c19-12-3-1-11(2-4-12)16(21)15-17(22)23-10-24-18(15)25-13-6-8-26(9-13)14(27)5-7-20/h1-4,10,13,21H,5-6,8-9H2,(H3,22,23,24,25). The van der Waals surface area contributed by atoms with Crippen LogP contribution in [0, 0.1) is 16.7 Å². The fourth-order valence-corrected chi connectivity index (χ4v) is 3.12. The Morgan fingerprint density at radius 2 is 2.15 bits per heavy atom. The zero-order valence-electron chi connectivity index (χ0n) is 14.4. The Morgan fingerprint density at radius 3 is 2.85 bits per heavy atom. The van der Waals surface area contributed by atoms with Gasteiger partial charge in [0.1, 0.15) is 24.4 Å². The van der Waals surface area contributed by atoms with Gasteiger partial charge < -0.3 is 16.0 Å². The lowest BCUT2D eigenvalue weighted by molar-refractivity contribution is -0.129. The van der Waals surface area contributed by atoms with Crippen molar-refractivity contribution in [3.8, 4) is 6.07 Å². The highest BCUT2D eigenvalue weighted by Crippen LogP contribution is 2.24. The van der Waals surface area contributed by atoms with Crippen LogP contribution in [-0.2, 0) is 4.79 Å². The monoisotopic (exact) mass is 383 g/mol. The number of rotatable bonds is 5. The Labute approximate surface area is 161 Å². The summed E-state index contributed by atoms with van der Waals surface area (Å²) >= 11 is 5.92. The molecule has 1 saturated heterocycles. The van der Waals surface area contributed by atoms with Crippen molar-refractivity contribution in [1.82, 2.24) is 14.9 Å². The molecular weight excluding hydrogens is 366 g/mol. The molecule has 0 radical (unpaired) electrons. The van der Waals surface area contributed by atoms with Gasteiger partial charge in [0.05, 0.1) is 17.3 Å². The first-order valence-corrected chi connectivity index (χ1v) is 8.74. The topological polar surface area (TPSA) is 132 Å². The maximum Gasteiger partial charge on any atom is 0.236 e. The van der Waals surface area contributed by atoms with E-state index in [1.807, 2.05) is 6.07 Å². The maximum absolute atomic E-state index is 11.9. The number of aromatic nitrogens is 2. The molecule has 1 aliphatic heterocycles. The lowest BCUT2D eigenvalue weighted by Gasteiger charge is -2.18. The van der Waals surface area contributed by atoms with Gasteiger partial charge in [0, 0.05) is 29.7 Å². The predicted octanol–water partition coefficient (Wildman–Crippen LogP) is 2.05. The van der Waals surface area contributed by atoms with E-state index in [1.54, 1.807) is 29.2 Å². The largest absolute Gasteiger partial charge is 0.383 e. The third-order valence-corrected chi connectivity index (χ3v) is 4.62. The summed E-state index contributed by atoms with van der Waals surface area (Å²) in [7, 11) is 0. The van der Waals surface area contributed by atoms with Gasteiger partial charge in [0.25, 0.3) is 0 Å². The van der Waals surface area contributed by atoms with Gasteiger partial charge in [-0.3, -0.25) is 10.2 Å². The normalized spacial score (nSPS) is 16.0. The Balaban J connectivity index is 1.80. The summed E-state index contributed by atoms with van der Waals surface area (Å²) in [6, 6.07) is 8.71. The highest BCUT2D eigenvalue weighted by atomic mass is 35.5. The van der Waals surface area contributed by atoms with E-state index < -0.39 is 0 Å². The van der Waals surface area contributed by atoms with E-state index in [0.717, 1.165) is 6.42 Å². The van der Waals surface area contributed by atoms with Gasteiger partial charge in [-0.1, -0.05) is 23.7 Å². The molecule has 1 aromatic heterocycles. The third-order valence-electron chi connectivity index (χ3n) is 4.37. The lowest BCUT2D eigenvalue weighted by atomic mass is 10.0. The van der Waals surface area contributed by atoms with Crippen LogP contribution in [0.15, 0.2) is 30.6 Å². The van der Waals surface area contributed by atoms with E-state index in [-0.39, 0.29) is 29.9 Å². The van der Waals surface area contributed by atoms with Gasteiger partial charge >= 0.3 is 0 Å². The molecule has 0 spiro atoms. The molecule has 138 valence electrons. The Hall–Kier alpha value is -3.18. The van der Waals surface area contributed by atoms with Crippen LogP contribution in [-0.4, -0.2) is 45.6 Å². The number of benzene rings is 1. The van der Waals surface area contributed by atoms with E-state index >= 15 is 0 Å². The number of hydrogen-bond acceptors (Lipinski definition) is 7. The van der Waals surface area contributed by atoms with Gasteiger partial charge in [-0.05, 0) is 18.6 Å². The quantitative estimate of drug-likeness (QED) is 0.677. The number of halogens is 1. The number of anilines is 2. The zero-order chi connectivity index (χ0) is 19.4. The summed E-state index contributed by atoms with van der Waals surface area (Å²) in [5, 5.41) is 21.0. The second-order valence-corrected chi connectivity index (χ2v) is 6.61. The average Bonchev–Trinajstić information content (AvgIpc) is 3.11. The fraction of sp³-hybridized carbons (Fsp3) is 0.278. The van der Waals surface area contributed by atoms with Crippen LogP contribution < -0.4 is 11.1 Å². The molecule has 1 unspecified atom stereocenters. The number of nitrogens with two attached hydrogens (primary N) is 1. The van der Waals surface area contributed by atoms with Crippen LogP contribution in [0.4, 0.5) is 11.6 Å². The Kier molecular flexibility index (Phi) is 5.52. The number of amides is 1. The highest BCUT2D eigenvalue weighted by Gasteiger charge is 2.27. The summed E-state index contributed by atoms with van der Waals surface area (Å²) in [5.74, 6) is 0.461. The number of likely N-dealkylation sites (tertiary alicyclic amines) is 1. The zero-order valence-corrected chi connectivity index (χ0v) is 15.2. The molecule has 9 heteroatoms. The number of hydrogen-bond donors (Lipinski definition) is 3. The first kappa shape index (κ1) is 18.6. The molecule has 1 fully saturated rings. The van der Waals surface area contributed by atoms with E-state index in [0.29, 0.717) is 35.1 Å². The minimum absolute atomic E-state index is 0.0429. The van der Waals surface area contributed by atoms with Crippen molar-refractivity contribution >= 4 is 34.9 Å². The van der Waals surface area contributed by atoms with Gasteiger partial charge in [-0.15, -0.1) is 0 Å². The molecule has 1 atom stereocenters. The van der Waals surface area contributed by atoms with Crippen LogP contribution in [0.2, 0.25) is 5.02 Å². The molecule has 1 amide bonds. The van der Waals surface area contributed by atoms with Crippen molar-refractivity contribution < 1.29 is 4.79 Å². The van der Waals surface area contributed by atoms with Crippen molar-refractivity contribution in [1.29, 1.82) is 10.7 Å². The number of nitrogen functional groups attached to an aromatic ring is 1. The molecule has 4 N–H and O–H groups in total. The van der Waals surface area contributed by atoms with Crippen LogP contribution in [0.25, 0.3) is 0 Å². The van der Waals surface area contributed by atoms with Gasteiger partial charge in [-0.2, -0.15) is 5.26 Å². The minimum Gasteiger partial charge on any atom is -0.383 e. The summed E-state index contributed by atoms with van der Waals surface area (Å²) in [4.78, 5) is 21.8. The smallest absolute Gasteiger partial charge is 0.236 e. The van der Waals surface area contributed by atoms with Crippen molar-refractivity contribution in [2.75, 3.05) is 24.1 Å². The van der Waals surface area contributed by atoms with E-state index in [2.05, 4.69) is 15.3 Å². The van der Waals surface area contributed by atoms with Crippen molar-refractivity contribution in [2.24, 2.45) is 0 Å². The number of carbonyl (C=O) groups excluding carboxylic acids is 1. The number of nitrogens with one attached hydrogen (secondary N) is 2. The van der Waals surface area contributed by atoms with Crippen molar-refractivity contribution in [3.63, 3.8) is 0 Å². The third kappa shape index (κ3) is 4.15. The van der Waals surface area contributed by atoms with E-state index in [4.69, 9.17) is 28.0 Å². The molecule has 2 heterocycles. The lowest BCUT2D eigenvalue weighted by Crippen LogP contribution is -2.31. The molecule has 1 aliphatic rings. The van der Waals surface area contributed by atoms with Gasteiger partial charge in [-0.25, -0.2) is 9.97 Å². The van der Waals surface area contributed by atoms with Gasteiger partial charge in [0.2, 0.25) is 5.91 Å². The number of carbonyl (C=O) groups is 1. The Morgan fingerprint density at radius 1 is 1.41 bits per heavy atom. The van der Waals surface area contributed by atoms with E-state index in [9.17, 15) is 4.79 Å². The van der Waals surface area contributed by atoms with Crippen LogP contribution in [0.1, 0.15) is 24.0 Å². The number of nitrogens with zero attached hydrogens (tertiary/aromatic N) is 4. The molecule has 0 bridgehead atoms. The fourth-order valence-electron chi connectivity index (χ4n) is 2.99. The summed E-state index contributed by atoms with van der Waals surface area (Å²) in [6.07, 6.45) is 1.93. The maximum atomic E-state index is 11.9. The number of nitriles is 1. The van der Waals surface area contributed by atoms with Gasteiger partial charge in [0.15, 0.2) is 0 Å². The van der Waals surface area contributed by atoms with Crippen LogP contribution in [0.3, 0.4) is 0 Å². The van der Waals surface area contributed by atoms with Crippen molar-refractivity contribution in [3.05, 3.63) is 46.7 Å². The first-order chi connectivity index (χ1) is 13.0. The first-order valence-electron chi connectivity index (χ1n) is 8.36. The second kappa shape index (κ2) is 8.01. The van der Waals surface area contributed by atoms with Crippen molar-refractivity contribution in [2.45, 2.75) is 18.9 Å². The molecule has 0 aliphatic carbocycles. The highest BCUT2D eigenvalue weighted by molar-refractivity contribution is 6.30. The van der Waals surface area contributed by atoms with E-state index in [1.165, 1.54) is 6.33 Å². The summed E-state index contributed by atoms with van der Waals surface area (Å²) < 4.78 is 0. The predicted molar refractivity (Wildman–Crippen MR) is 103 cm³/mol.